The van der Waals surface area contributed by atoms with E-state index >= 15 is 0 Å². The first-order valence-corrected chi connectivity index (χ1v) is 4.96. The van der Waals surface area contributed by atoms with Crippen LogP contribution in [0.4, 0.5) is 4.39 Å². The van der Waals surface area contributed by atoms with Crippen molar-refractivity contribution in [2.45, 2.75) is 13.0 Å². The minimum absolute atomic E-state index is 0.0101. The van der Waals surface area contributed by atoms with Crippen molar-refractivity contribution >= 4 is 5.91 Å². The zero-order valence-corrected chi connectivity index (χ0v) is 8.37. The summed E-state index contributed by atoms with van der Waals surface area (Å²) < 4.78 is 13.4. The Balaban J connectivity index is 2.26. The van der Waals surface area contributed by atoms with E-state index in [0.717, 1.165) is 5.56 Å². The zero-order chi connectivity index (χ0) is 10.8. The molecular formula is C11H13FN2O. The Morgan fingerprint density at radius 1 is 1.53 bits per heavy atom. The summed E-state index contributed by atoms with van der Waals surface area (Å²) in [7, 11) is 0. The van der Waals surface area contributed by atoms with Crippen LogP contribution >= 0.6 is 0 Å². The van der Waals surface area contributed by atoms with Crippen LogP contribution < -0.4 is 5.73 Å². The predicted octanol–water partition coefficient (Wildman–Crippen LogP) is 0.669. The van der Waals surface area contributed by atoms with Crippen LogP contribution in [-0.4, -0.2) is 23.9 Å². The first kappa shape index (κ1) is 10.1. The maximum absolute atomic E-state index is 13.4. The molecule has 1 aromatic carbocycles. The van der Waals surface area contributed by atoms with E-state index in [1.165, 1.54) is 6.07 Å². The van der Waals surface area contributed by atoms with Gasteiger partial charge in [-0.15, -0.1) is 0 Å². The van der Waals surface area contributed by atoms with Crippen LogP contribution in [0.15, 0.2) is 18.2 Å². The molecule has 0 saturated carbocycles. The Morgan fingerprint density at radius 2 is 2.33 bits per heavy atom. The lowest BCUT2D eigenvalue weighted by Crippen LogP contribution is -2.39. The number of hydrogen-bond donors (Lipinski definition) is 1. The number of benzene rings is 1. The molecule has 2 rings (SSSR count). The van der Waals surface area contributed by atoms with E-state index in [1.54, 1.807) is 11.0 Å². The molecule has 0 aliphatic carbocycles. The third kappa shape index (κ3) is 1.85. The number of halogens is 1. The third-order valence-electron chi connectivity index (χ3n) is 2.74. The van der Waals surface area contributed by atoms with Crippen LogP contribution in [0.5, 0.6) is 0 Å². The van der Waals surface area contributed by atoms with Crippen LogP contribution in [0.25, 0.3) is 0 Å². The van der Waals surface area contributed by atoms with Crippen LogP contribution in [0, 0.1) is 5.82 Å². The van der Waals surface area contributed by atoms with Crippen LogP contribution in [0.2, 0.25) is 0 Å². The van der Waals surface area contributed by atoms with Crippen LogP contribution in [0.1, 0.15) is 11.1 Å². The van der Waals surface area contributed by atoms with Crippen molar-refractivity contribution in [2.75, 3.05) is 13.1 Å². The van der Waals surface area contributed by atoms with Crippen molar-refractivity contribution in [3.05, 3.63) is 35.1 Å². The van der Waals surface area contributed by atoms with Crippen molar-refractivity contribution in [1.29, 1.82) is 0 Å². The normalized spacial score (nSPS) is 14.9. The van der Waals surface area contributed by atoms with Crippen molar-refractivity contribution in [3.63, 3.8) is 0 Å². The molecule has 1 aliphatic rings. The molecule has 1 heterocycles. The van der Waals surface area contributed by atoms with E-state index in [4.69, 9.17) is 5.73 Å². The first-order valence-electron chi connectivity index (χ1n) is 4.96. The molecule has 0 bridgehead atoms. The smallest absolute Gasteiger partial charge is 0.236 e. The highest BCUT2D eigenvalue weighted by atomic mass is 19.1. The Hall–Kier alpha value is -1.42. The summed E-state index contributed by atoms with van der Waals surface area (Å²) in [4.78, 5) is 13.0. The molecule has 80 valence electrons. The molecule has 0 radical (unpaired) electrons. The van der Waals surface area contributed by atoms with Gasteiger partial charge in [0.2, 0.25) is 5.91 Å². The van der Waals surface area contributed by atoms with Crippen LogP contribution in [-0.2, 0) is 17.8 Å². The number of nitrogens with zero attached hydrogens (tertiary/aromatic N) is 1. The van der Waals surface area contributed by atoms with Gasteiger partial charge in [0, 0.05) is 18.7 Å². The van der Waals surface area contributed by atoms with Gasteiger partial charge in [0.05, 0.1) is 6.54 Å². The predicted molar refractivity (Wildman–Crippen MR) is 54.6 cm³/mol. The second-order valence-corrected chi connectivity index (χ2v) is 3.65. The fourth-order valence-electron chi connectivity index (χ4n) is 1.88. The van der Waals surface area contributed by atoms with Crippen molar-refractivity contribution in [3.8, 4) is 0 Å². The molecule has 3 nitrogen and oxygen atoms in total. The van der Waals surface area contributed by atoms with Gasteiger partial charge in [-0.3, -0.25) is 4.79 Å². The highest BCUT2D eigenvalue weighted by Gasteiger charge is 2.21. The van der Waals surface area contributed by atoms with E-state index < -0.39 is 0 Å². The molecule has 15 heavy (non-hydrogen) atoms. The maximum atomic E-state index is 13.4. The lowest BCUT2D eigenvalue weighted by Gasteiger charge is -2.28. The van der Waals surface area contributed by atoms with Gasteiger partial charge in [-0.05, 0) is 18.1 Å². The van der Waals surface area contributed by atoms with Crippen molar-refractivity contribution in [1.82, 2.24) is 4.90 Å². The topological polar surface area (TPSA) is 46.3 Å². The number of carbonyl (C=O) groups excluding carboxylic acids is 1. The van der Waals surface area contributed by atoms with Gasteiger partial charge in [0.25, 0.3) is 0 Å². The monoisotopic (exact) mass is 208 g/mol. The average molecular weight is 208 g/mol. The van der Waals surface area contributed by atoms with Crippen LogP contribution in [0.3, 0.4) is 0 Å². The molecular weight excluding hydrogens is 195 g/mol. The molecule has 4 heteroatoms. The Kier molecular flexibility index (Phi) is 2.68. The van der Waals surface area contributed by atoms with E-state index in [0.29, 0.717) is 25.1 Å². The molecule has 0 spiro atoms. The molecule has 2 N–H and O–H groups in total. The van der Waals surface area contributed by atoms with Gasteiger partial charge < -0.3 is 10.6 Å². The highest BCUT2D eigenvalue weighted by molar-refractivity contribution is 5.78. The van der Waals surface area contributed by atoms with Crippen molar-refractivity contribution < 1.29 is 9.18 Å². The van der Waals surface area contributed by atoms with Gasteiger partial charge in [-0.2, -0.15) is 0 Å². The summed E-state index contributed by atoms with van der Waals surface area (Å²) in [5, 5.41) is 0. The SMILES string of the molecule is NCC(=O)N1CCc2cccc(F)c2C1. The highest BCUT2D eigenvalue weighted by Crippen LogP contribution is 2.21. The minimum Gasteiger partial charge on any atom is -0.337 e. The van der Waals surface area contributed by atoms with Gasteiger partial charge in [0.15, 0.2) is 0 Å². The quantitative estimate of drug-likeness (QED) is 0.737. The van der Waals surface area contributed by atoms with E-state index in [-0.39, 0.29) is 18.3 Å². The molecule has 0 saturated heterocycles. The molecule has 0 atom stereocenters. The lowest BCUT2D eigenvalue weighted by molar-refractivity contribution is -0.130. The molecule has 1 aromatic rings. The fraction of sp³-hybridized carbons (Fsp3) is 0.364. The third-order valence-corrected chi connectivity index (χ3v) is 2.74. The summed E-state index contributed by atoms with van der Waals surface area (Å²) in [6.07, 6.45) is 0.707. The van der Waals surface area contributed by atoms with E-state index in [1.807, 2.05) is 6.07 Å². The molecule has 0 unspecified atom stereocenters. The van der Waals surface area contributed by atoms with E-state index in [9.17, 15) is 9.18 Å². The van der Waals surface area contributed by atoms with Gasteiger partial charge in [0.1, 0.15) is 5.82 Å². The number of nitrogens with two attached hydrogens (primary N) is 1. The molecule has 0 aromatic heterocycles. The zero-order valence-electron chi connectivity index (χ0n) is 8.37. The van der Waals surface area contributed by atoms with Crippen molar-refractivity contribution in [2.24, 2.45) is 5.73 Å². The molecule has 1 amide bonds. The summed E-state index contributed by atoms with van der Waals surface area (Å²) in [5.74, 6) is -0.356. The Bertz CT molecular complexity index is 392. The standard InChI is InChI=1S/C11H13FN2O/c12-10-3-1-2-8-4-5-14(7-9(8)10)11(15)6-13/h1-3H,4-7,13H2. The second-order valence-electron chi connectivity index (χ2n) is 3.65. The number of fused-ring (bicyclic) bond motifs is 1. The summed E-state index contributed by atoms with van der Waals surface area (Å²) in [5.41, 5.74) is 6.90. The fourth-order valence-corrected chi connectivity index (χ4v) is 1.88. The minimum atomic E-state index is -0.234. The first-order chi connectivity index (χ1) is 7.22. The molecule has 1 aliphatic heterocycles. The lowest BCUT2D eigenvalue weighted by atomic mass is 9.99. The summed E-state index contributed by atoms with van der Waals surface area (Å²) in [6, 6.07) is 5.03. The summed E-state index contributed by atoms with van der Waals surface area (Å²) >= 11 is 0. The number of rotatable bonds is 1. The maximum Gasteiger partial charge on any atom is 0.236 e. The molecule has 0 fully saturated rings. The Morgan fingerprint density at radius 3 is 3.07 bits per heavy atom. The Labute approximate surface area is 87.7 Å². The second kappa shape index (κ2) is 3.98. The average Bonchev–Trinajstić information content (AvgIpc) is 2.28. The van der Waals surface area contributed by atoms with Gasteiger partial charge in [-0.25, -0.2) is 4.39 Å². The number of amides is 1. The van der Waals surface area contributed by atoms with E-state index in [2.05, 4.69) is 0 Å². The number of carbonyl (C=O) groups is 1. The largest absolute Gasteiger partial charge is 0.337 e. The van der Waals surface area contributed by atoms with Gasteiger partial charge >= 0.3 is 0 Å². The summed E-state index contributed by atoms with van der Waals surface area (Å²) in [6.45, 7) is 0.967. The van der Waals surface area contributed by atoms with Gasteiger partial charge in [-0.1, -0.05) is 12.1 Å². The number of hydrogen-bond acceptors (Lipinski definition) is 2.